The first-order valence-corrected chi connectivity index (χ1v) is 10.3. The van der Waals surface area contributed by atoms with Crippen molar-refractivity contribution in [2.45, 2.75) is 20.8 Å². The van der Waals surface area contributed by atoms with Gasteiger partial charge >= 0.3 is 0 Å². The van der Waals surface area contributed by atoms with E-state index in [9.17, 15) is 9.18 Å². The predicted octanol–water partition coefficient (Wildman–Crippen LogP) is 2.29. The summed E-state index contributed by atoms with van der Waals surface area (Å²) < 4.78 is 13.7. The van der Waals surface area contributed by atoms with Crippen LogP contribution in [0.1, 0.15) is 16.7 Å². The highest BCUT2D eigenvalue weighted by atomic mass is 32.1. The summed E-state index contributed by atoms with van der Waals surface area (Å²) in [5, 5.41) is 6.73. The third kappa shape index (κ3) is 5.52. The number of nitrogens with zero attached hydrogens (tertiary/aromatic N) is 1. The lowest BCUT2D eigenvalue weighted by Crippen LogP contribution is -3.15. The highest BCUT2D eigenvalue weighted by Gasteiger charge is 2.24. The first-order valence-electron chi connectivity index (χ1n) is 9.85. The summed E-state index contributed by atoms with van der Waals surface area (Å²) >= 11 is 5.48. The second-order valence-electron chi connectivity index (χ2n) is 7.60. The van der Waals surface area contributed by atoms with Crippen LogP contribution in [0.4, 0.5) is 15.8 Å². The van der Waals surface area contributed by atoms with E-state index < -0.39 is 0 Å². The van der Waals surface area contributed by atoms with Crippen LogP contribution < -0.4 is 15.5 Å². The molecule has 0 aliphatic carbocycles. The summed E-state index contributed by atoms with van der Waals surface area (Å²) in [5.74, 6) is -0.222. The Balaban J connectivity index is 1.47. The standard InChI is InChI=1S/C22H27FN4OS/c1-15-5-4-6-20(17(15)3)25-21(28)14-26-9-11-27(12-10-26)22(29)24-18-8-7-16(2)19(23)13-18/h4-8,13H,9-12,14H2,1-3H3,(H,24,29)(H,25,28)/p+1. The number of benzene rings is 2. The van der Waals surface area contributed by atoms with E-state index in [-0.39, 0.29) is 11.7 Å². The monoisotopic (exact) mass is 415 g/mol. The van der Waals surface area contributed by atoms with Gasteiger partial charge < -0.3 is 20.4 Å². The van der Waals surface area contributed by atoms with E-state index in [2.05, 4.69) is 15.5 Å². The van der Waals surface area contributed by atoms with Crippen LogP contribution in [0, 0.1) is 26.6 Å². The number of thiocarbonyl (C=S) groups is 1. The van der Waals surface area contributed by atoms with Crippen molar-refractivity contribution in [2.75, 3.05) is 43.4 Å². The number of hydrogen-bond donors (Lipinski definition) is 3. The van der Waals surface area contributed by atoms with Gasteiger partial charge in [-0.2, -0.15) is 0 Å². The second-order valence-corrected chi connectivity index (χ2v) is 7.99. The summed E-state index contributed by atoms with van der Waals surface area (Å²) in [6.45, 7) is 9.38. The Bertz CT molecular complexity index is 910. The molecule has 0 radical (unpaired) electrons. The van der Waals surface area contributed by atoms with Gasteiger partial charge in [0.05, 0.1) is 26.2 Å². The summed E-state index contributed by atoms with van der Waals surface area (Å²) in [6.07, 6.45) is 0. The largest absolute Gasteiger partial charge is 0.338 e. The first-order chi connectivity index (χ1) is 13.8. The van der Waals surface area contributed by atoms with Gasteiger partial charge in [0, 0.05) is 11.4 Å². The van der Waals surface area contributed by atoms with Crippen molar-refractivity contribution in [3.05, 3.63) is 58.9 Å². The van der Waals surface area contributed by atoms with Gasteiger partial charge in [-0.15, -0.1) is 0 Å². The second kappa shape index (κ2) is 9.33. The molecule has 1 aliphatic rings. The van der Waals surface area contributed by atoms with Gasteiger partial charge in [0.2, 0.25) is 0 Å². The molecule has 7 heteroatoms. The Morgan fingerprint density at radius 2 is 1.83 bits per heavy atom. The van der Waals surface area contributed by atoms with Crippen LogP contribution in [0.2, 0.25) is 0 Å². The van der Waals surface area contributed by atoms with Gasteiger partial charge in [-0.1, -0.05) is 18.2 Å². The lowest BCUT2D eigenvalue weighted by atomic mass is 10.1. The molecule has 1 saturated heterocycles. The van der Waals surface area contributed by atoms with E-state index in [0.29, 0.717) is 22.9 Å². The maximum Gasteiger partial charge on any atom is 0.279 e. The molecule has 2 aromatic carbocycles. The van der Waals surface area contributed by atoms with Crippen molar-refractivity contribution in [1.82, 2.24) is 4.90 Å². The number of piperazine rings is 1. The van der Waals surface area contributed by atoms with Crippen LogP contribution in [-0.4, -0.2) is 48.6 Å². The minimum absolute atomic E-state index is 0.0259. The molecule has 1 amide bonds. The molecule has 1 heterocycles. The fraction of sp³-hybridized carbons (Fsp3) is 0.364. The summed E-state index contributed by atoms with van der Waals surface area (Å²) in [7, 11) is 0. The summed E-state index contributed by atoms with van der Waals surface area (Å²) in [6, 6.07) is 10.9. The van der Waals surface area contributed by atoms with Gasteiger partial charge in [-0.3, -0.25) is 4.79 Å². The topological polar surface area (TPSA) is 48.8 Å². The zero-order valence-corrected chi connectivity index (χ0v) is 18.0. The Morgan fingerprint density at radius 1 is 1.10 bits per heavy atom. The fourth-order valence-corrected chi connectivity index (χ4v) is 3.68. The van der Waals surface area contributed by atoms with Crippen molar-refractivity contribution in [2.24, 2.45) is 0 Å². The number of carbonyl (C=O) groups excluding carboxylic acids is 1. The normalized spacial score (nSPS) is 14.6. The molecular formula is C22H28FN4OS+. The number of nitrogens with one attached hydrogen (secondary N) is 3. The van der Waals surface area contributed by atoms with Crippen molar-refractivity contribution in [3.63, 3.8) is 0 Å². The smallest absolute Gasteiger partial charge is 0.279 e. The zero-order chi connectivity index (χ0) is 21.0. The van der Waals surface area contributed by atoms with Crippen LogP contribution in [0.15, 0.2) is 36.4 Å². The molecule has 5 nitrogen and oxygen atoms in total. The van der Waals surface area contributed by atoms with E-state index >= 15 is 0 Å². The fourth-order valence-electron chi connectivity index (χ4n) is 3.38. The number of halogens is 1. The molecule has 154 valence electrons. The molecule has 2 aromatic rings. The zero-order valence-electron chi connectivity index (χ0n) is 17.1. The number of quaternary nitrogens is 1. The van der Waals surface area contributed by atoms with Crippen LogP contribution >= 0.6 is 12.2 Å². The summed E-state index contributed by atoms with van der Waals surface area (Å²) in [5.41, 5.74) is 4.41. The molecule has 0 atom stereocenters. The van der Waals surface area contributed by atoms with Crippen LogP contribution in [0.3, 0.4) is 0 Å². The van der Waals surface area contributed by atoms with E-state index in [4.69, 9.17) is 12.2 Å². The van der Waals surface area contributed by atoms with Crippen LogP contribution in [0.25, 0.3) is 0 Å². The molecule has 0 spiro atoms. The number of aryl methyl sites for hydroxylation is 2. The number of anilines is 2. The van der Waals surface area contributed by atoms with Crippen LogP contribution in [0.5, 0.6) is 0 Å². The Morgan fingerprint density at radius 3 is 2.52 bits per heavy atom. The average molecular weight is 416 g/mol. The highest BCUT2D eigenvalue weighted by Crippen LogP contribution is 2.17. The maximum atomic E-state index is 13.7. The molecule has 1 aliphatic heterocycles. The first kappa shape index (κ1) is 21.2. The van der Waals surface area contributed by atoms with Gasteiger partial charge in [-0.05, 0) is 67.9 Å². The lowest BCUT2D eigenvalue weighted by Gasteiger charge is -2.33. The van der Waals surface area contributed by atoms with Crippen molar-refractivity contribution in [3.8, 4) is 0 Å². The molecule has 0 unspecified atom stereocenters. The molecule has 0 bridgehead atoms. The van der Waals surface area contributed by atoms with Gasteiger partial charge in [0.1, 0.15) is 5.82 Å². The van der Waals surface area contributed by atoms with Crippen molar-refractivity contribution < 1.29 is 14.1 Å². The SMILES string of the molecule is Cc1ccc(NC(=S)N2CC[NH+](CC(=O)Nc3cccc(C)c3C)CC2)cc1F. The molecule has 29 heavy (non-hydrogen) atoms. The van der Waals surface area contributed by atoms with Crippen molar-refractivity contribution >= 4 is 34.6 Å². The third-order valence-electron chi connectivity index (χ3n) is 5.47. The Hall–Kier alpha value is -2.51. The van der Waals surface area contributed by atoms with Crippen LogP contribution in [-0.2, 0) is 4.79 Å². The highest BCUT2D eigenvalue weighted by molar-refractivity contribution is 7.80. The molecule has 0 aromatic heterocycles. The average Bonchev–Trinajstić information content (AvgIpc) is 2.69. The number of carbonyl (C=O) groups is 1. The molecule has 1 fully saturated rings. The Kier molecular flexibility index (Phi) is 6.82. The number of amides is 1. The van der Waals surface area contributed by atoms with E-state index in [1.54, 1.807) is 13.0 Å². The Labute approximate surface area is 176 Å². The van der Waals surface area contributed by atoms with E-state index in [1.807, 2.05) is 38.1 Å². The number of hydrogen-bond acceptors (Lipinski definition) is 2. The van der Waals surface area contributed by atoms with E-state index in [1.165, 1.54) is 16.5 Å². The van der Waals surface area contributed by atoms with Gasteiger partial charge in [-0.25, -0.2) is 4.39 Å². The molecular weight excluding hydrogens is 387 g/mol. The molecule has 0 saturated carbocycles. The number of rotatable bonds is 4. The van der Waals surface area contributed by atoms with E-state index in [0.717, 1.165) is 37.4 Å². The minimum Gasteiger partial charge on any atom is -0.338 e. The van der Waals surface area contributed by atoms with Crippen molar-refractivity contribution in [1.29, 1.82) is 0 Å². The molecule has 3 N–H and O–H groups in total. The minimum atomic E-state index is -0.248. The maximum absolute atomic E-state index is 13.7. The summed E-state index contributed by atoms with van der Waals surface area (Å²) in [4.78, 5) is 15.7. The lowest BCUT2D eigenvalue weighted by molar-refractivity contribution is -0.895. The third-order valence-corrected chi connectivity index (χ3v) is 5.83. The quantitative estimate of drug-likeness (QED) is 0.671. The van der Waals surface area contributed by atoms with Gasteiger partial charge in [0.25, 0.3) is 5.91 Å². The molecule has 3 rings (SSSR count). The predicted molar refractivity (Wildman–Crippen MR) is 119 cm³/mol. The van der Waals surface area contributed by atoms with Gasteiger partial charge in [0.15, 0.2) is 11.7 Å².